The molecule has 0 bridgehead atoms. The monoisotopic (exact) mass is 313 g/mol. The quantitative estimate of drug-likeness (QED) is 0.756. The molecule has 5 nitrogen and oxygen atoms in total. The standard InChI is InChI=1S/C15H27N3O2S/c1-10(6-11(2)19)7-16-14(20)17-8-12-9-21-13(18-12)15(3,4)5/h9-11,19H,6-8H2,1-5H3,(H2,16,17,20). The fourth-order valence-electron chi connectivity index (χ4n) is 1.90. The number of carbonyl (C=O) groups excluding carboxylic acids is 1. The van der Waals surface area contributed by atoms with Crippen molar-refractivity contribution < 1.29 is 9.90 Å². The van der Waals surface area contributed by atoms with Crippen LogP contribution < -0.4 is 10.6 Å². The molecule has 2 atom stereocenters. The number of hydrogen-bond donors (Lipinski definition) is 3. The Morgan fingerprint density at radius 1 is 1.38 bits per heavy atom. The first-order valence-electron chi connectivity index (χ1n) is 7.33. The number of nitrogens with one attached hydrogen (secondary N) is 2. The van der Waals surface area contributed by atoms with E-state index in [1.807, 2.05) is 12.3 Å². The zero-order valence-electron chi connectivity index (χ0n) is 13.6. The van der Waals surface area contributed by atoms with Crippen molar-refractivity contribution in [3.63, 3.8) is 0 Å². The molecule has 0 aromatic carbocycles. The molecule has 0 saturated carbocycles. The zero-order chi connectivity index (χ0) is 16.0. The fourth-order valence-corrected chi connectivity index (χ4v) is 2.81. The molecule has 0 radical (unpaired) electrons. The summed E-state index contributed by atoms with van der Waals surface area (Å²) >= 11 is 1.62. The van der Waals surface area contributed by atoms with Crippen LogP contribution >= 0.6 is 11.3 Å². The molecule has 3 N–H and O–H groups in total. The molecule has 0 spiro atoms. The molecule has 120 valence electrons. The van der Waals surface area contributed by atoms with Crippen molar-refractivity contribution in [1.29, 1.82) is 0 Å². The van der Waals surface area contributed by atoms with Gasteiger partial charge in [-0.25, -0.2) is 9.78 Å². The lowest BCUT2D eigenvalue weighted by molar-refractivity contribution is 0.163. The number of hydrogen-bond acceptors (Lipinski definition) is 4. The third kappa shape index (κ3) is 6.91. The first-order chi connectivity index (χ1) is 9.68. The van der Waals surface area contributed by atoms with Gasteiger partial charge < -0.3 is 15.7 Å². The van der Waals surface area contributed by atoms with E-state index in [2.05, 4.69) is 36.4 Å². The average Bonchev–Trinajstić information content (AvgIpc) is 2.81. The highest BCUT2D eigenvalue weighted by Crippen LogP contribution is 2.25. The average molecular weight is 313 g/mol. The second kappa shape index (κ2) is 7.75. The van der Waals surface area contributed by atoms with Crippen LogP contribution in [0, 0.1) is 5.92 Å². The van der Waals surface area contributed by atoms with E-state index in [0.717, 1.165) is 10.7 Å². The molecule has 0 fully saturated rings. The van der Waals surface area contributed by atoms with Crippen LogP contribution in [0.15, 0.2) is 5.38 Å². The number of amides is 2. The molecular formula is C15H27N3O2S. The van der Waals surface area contributed by atoms with Gasteiger partial charge in [0, 0.05) is 17.3 Å². The minimum atomic E-state index is -0.337. The van der Waals surface area contributed by atoms with E-state index in [1.165, 1.54) is 0 Å². The van der Waals surface area contributed by atoms with Crippen LogP contribution in [0.3, 0.4) is 0 Å². The molecule has 0 aliphatic heterocycles. The maximum atomic E-state index is 11.7. The van der Waals surface area contributed by atoms with Crippen molar-refractivity contribution in [3.8, 4) is 0 Å². The summed E-state index contributed by atoms with van der Waals surface area (Å²) in [6, 6.07) is -0.197. The van der Waals surface area contributed by atoms with Gasteiger partial charge in [-0.15, -0.1) is 11.3 Å². The Bertz CT molecular complexity index is 452. The van der Waals surface area contributed by atoms with Crippen molar-refractivity contribution >= 4 is 17.4 Å². The molecule has 1 aromatic heterocycles. The van der Waals surface area contributed by atoms with E-state index in [-0.39, 0.29) is 23.5 Å². The van der Waals surface area contributed by atoms with Crippen molar-refractivity contribution in [2.45, 2.75) is 59.1 Å². The van der Waals surface area contributed by atoms with Crippen LogP contribution in [-0.4, -0.2) is 28.8 Å². The van der Waals surface area contributed by atoms with Crippen LogP contribution in [0.2, 0.25) is 0 Å². The zero-order valence-corrected chi connectivity index (χ0v) is 14.4. The summed E-state index contributed by atoms with van der Waals surface area (Å²) in [7, 11) is 0. The van der Waals surface area contributed by atoms with E-state index >= 15 is 0 Å². The second-order valence-electron chi connectivity index (χ2n) is 6.65. The van der Waals surface area contributed by atoms with Crippen molar-refractivity contribution in [2.24, 2.45) is 5.92 Å². The Balaban J connectivity index is 2.32. The number of carbonyl (C=O) groups is 1. The highest BCUT2D eigenvalue weighted by atomic mass is 32.1. The van der Waals surface area contributed by atoms with E-state index in [0.29, 0.717) is 19.5 Å². The maximum Gasteiger partial charge on any atom is 0.315 e. The molecule has 0 aliphatic rings. The lowest BCUT2D eigenvalue weighted by Gasteiger charge is -2.14. The van der Waals surface area contributed by atoms with Crippen LogP contribution in [0.1, 0.15) is 51.7 Å². The van der Waals surface area contributed by atoms with Gasteiger partial charge in [0.2, 0.25) is 0 Å². The summed E-state index contributed by atoms with van der Waals surface area (Å²) in [6.45, 7) is 11.1. The van der Waals surface area contributed by atoms with Crippen LogP contribution in [-0.2, 0) is 12.0 Å². The van der Waals surface area contributed by atoms with Crippen molar-refractivity contribution in [3.05, 3.63) is 16.1 Å². The first kappa shape index (κ1) is 17.9. The molecular weight excluding hydrogens is 286 g/mol. The predicted octanol–water partition coefficient (Wildman–Crippen LogP) is 2.65. The summed E-state index contributed by atoms with van der Waals surface area (Å²) < 4.78 is 0. The first-order valence-corrected chi connectivity index (χ1v) is 8.21. The molecule has 2 amide bonds. The Morgan fingerprint density at radius 2 is 2.05 bits per heavy atom. The topological polar surface area (TPSA) is 74.2 Å². The molecule has 1 rings (SSSR count). The molecule has 0 saturated heterocycles. The fraction of sp³-hybridized carbons (Fsp3) is 0.733. The van der Waals surface area contributed by atoms with E-state index in [1.54, 1.807) is 18.3 Å². The molecule has 1 heterocycles. The lowest BCUT2D eigenvalue weighted by atomic mass is 9.98. The van der Waals surface area contributed by atoms with E-state index in [9.17, 15) is 9.90 Å². The summed E-state index contributed by atoms with van der Waals surface area (Å²) in [6.07, 6.45) is 0.345. The van der Waals surface area contributed by atoms with Gasteiger partial charge in [-0.05, 0) is 19.3 Å². The Labute approximate surface area is 131 Å². The SMILES string of the molecule is CC(O)CC(C)CNC(=O)NCc1csc(C(C)(C)C)n1. The number of nitrogens with zero attached hydrogens (tertiary/aromatic N) is 1. The smallest absolute Gasteiger partial charge is 0.315 e. The number of urea groups is 1. The van der Waals surface area contributed by atoms with Crippen LogP contribution in [0.4, 0.5) is 4.79 Å². The largest absolute Gasteiger partial charge is 0.393 e. The van der Waals surface area contributed by atoms with E-state index < -0.39 is 0 Å². The second-order valence-corrected chi connectivity index (χ2v) is 7.51. The Morgan fingerprint density at radius 3 is 2.57 bits per heavy atom. The third-order valence-electron chi connectivity index (χ3n) is 2.98. The normalized spacial score (nSPS) is 14.6. The number of aliphatic hydroxyl groups excluding tert-OH is 1. The van der Waals surface area contributed by atoms with E-state index in [4.69, 9.17) is 0 Å². The summed E-state index contributed by atoms with van der Waals surface area (Å²) in [4.78, 5) is 16.2. The minimum Gasteiger partial charge on any atom is -0.393 e. The molecule has 6 heteroatoms. The number of rotatable bonds is 6. The highest BCUT2D eigenvalue weighted by molar-refractivity contribution is 7.09. The van der Waals surface area contributed by atoms with Gasteiger partial charge in [0.15, 0.2) is 0 Å². The molecule has 2 unspecified atom stereocenters. The predicted molar refractivity (Wildman–Crippen MR) is 86.5 cm³/mol. The van der Waals surface area contributed by atoms with Gasteiger partial charge in [-0.3, -0.25) is 0 Å². The lowest BCUT2D eigenvalue weighted by Crippen LogP contribution is -2.38. The third-order valence-corrected chi connectivity index (χ3v) is 4.29. The summed E-state index contributed by atoms with van der Waals surface area (Å²) in [5.41, 5.74) is 0.929. The van der Waals surface area contributed by atoms with Gasteiger partial charge in [-0.2, -0.15) is 0 Å². The molecule has 1 aromatic rings. The van der Waals surface area contributed by atoms with Gasteiger partial charge >= 0.3 is 6.03 Å². The summed E-state index contributed by atoms with van der Waals surface area (Å²) in [5.74, 6) is 0.252. The van der Waals surface area contributed by atoms with Crippen molar-refractivity contribution in [1.82, 2.24) is 15.6 Å². The van der Waals surface area contributed by atoms with Crippen molar-refractivity contribution in [2.75, 3.05) is 6.54 Å². The van der Waals surface area contributed by atoms with Gasteiger partial charge in [0.05, 0.1) is 23.4 Å². The van der Waals surface area contributed by atoms with Gasteiger partial charge in [0.25, 0.3) is 0 Å². The number of aromatic nitrogens is 1. The Hall–Kier alpha value is -1.14. The maximum absolute atomic E-state index is 11.7. The van der Waals surface area contributed by atoms with Crippen LogP contribution in [0.5, 0.6) is 0 Å². The van der Waals surface area contributed by atoms with Gasteiger partial charge in [-0.1, -0.05) is 27.7 Å². The molecule has 0 aliphatic carbocycles. The highest BCUT2D eigenvalue weighted by Gasteiger charge is 2.18. The summed E-state index contributed by atoms with van der Waals surface area (Å²) in [5, 5.41) is 17.9. The minimum absolute atomic E-state index is 0.0432. The Kier molecular flexibility index (Phi) is 6.61. The van der Waals surface area contributed by atoms with Crippen LogP contribution in [0.25, 0.3) is 0 Å². The van der Waals surface area contributed by atoms with Gasteiger partial charge in [0.1, 0.15) is 0 Å². The number of aliphatic hydroxyl groups is 1. The number of thiazole rings is 1. The molecule has 21 heavy (non-hydrogen) atoms.